The van der Waals surface area contributed by atoms with E-state index in [1.165, 1.54) is 0 Å². The van der Waals surface area contributed by atoms with Crippen molar-refractivity contribution in [2.75, 3.05) is 26.4 Å². The van der Waals surface area contributed by atoms with Crippen molar-refractivity contribution in [1.29, 1.82) is 0 Å². The van der Waals surface area contributed by atoms with Gasteiger partial charge in [-0.05, 0) is 27.7 Å². The van der Waals surface area contributed by atoms with Gasteiger partial charge < -0.3 is 22.9 Å². The molecular weight excluding hydrogens is 420 g/mol. The van der Waals surface area contributed by atoms with Crippen LogP contribution in [-0.2, 0) is 32.1 Å². The van der Waals surface area contributed by atoms with Crippen molar-refractivity contribution in [2.45, 2.75) is 39.2 Å². The average molecular weight is 447 g/mol. The molecule has 9 nitrogen and oxygen atoms in total. The van der Waals surface area contributed by atoms with Gasteiger partial charge in [0.1, 0.15) is 5.71 Å². The first-order valence-corrected chi connectivity index (χ1v) is 12.5. The van der Waals surface area contributed by atoms with E-state index in [1.807, 2.05) is 0 Å². The molecule has 1 aromatic carbocycles. The molecule has 162 valence electrons. The van der Waals surface area contributed by atoms with Crippen molar-refractivity contribution in [1.82, 2.24) is 0 Å². The van der Waals surface area contributed by atoms with E-state index in [-0.39, 0.29) is 32.1 Å². The second-order valence-electron chi connectivity index (χ2n) is 5.91. The van der Waals surface area contributed by atoms with Crippen LogP contribution in [0.5, 0.6) is 0 Å². The standard InChI is InChI=1S/C18H27NO8P2/c1-5-23-28(21,24-6-2)18(29(22,25-7-3)26-8-4)14-16(19-27-18)17(20)15-12-10-9-11-13-15/h9-13H,5-8,14H2,1-4H3. The number of rotatable bonds is 12. The van der Waals surface area contributed by atoms with E-state index in [4.69, 9.17) is 22.9 Å². The highest BCUT2D eigenvalue weighted by Crippen LogP contribution is 2.80. The molecule has 0 aliphatic carbocycles. The Morgan fingerprint density at radius 3 is 1.79 bits per heavy atom. The molecule has 0 unspecified atom stereocenters. The molecule has 0 amide bonds. The summed E-state index contributed by atoms with van der Waals surface area (Å²) in [5.41, 5.74) is 0.284. The largest absolute Gasteiger partial charge is 0.389 e. The molecule has 0 atom stereocenters. The van der Waals surface area contributed by atoms with Gasteiger partial charge in [-0.1, -0.05) is 35.5 Å². The maximum Gasteiger partial charge on any atom is 0.389 e. The van der Waals surface area contributed by atoms with E-state index in [2.05, 4.69) is 5.16 Å². The van der Waals surface area contributed by atoms with Crippen molar-refractivity contribution < 1.29 is 36.9 Å². The summed E-state index contributed by atoms with van der Waals surface area (Å²) in [4.78, 5) is 18.3. The first kappa shape index (κ1) is 23.9. The van der Waals surface area contributed by atoms with Crippen LogP contribution in [0.15, 0.2) is 35.5 Å². The summed E-state index contributed by atoms with van der Waals surface area (Å²) >= 11 is 0. The minimum absolute atomic E-state index is 0.0113. The van der Waals surface area contributed by atoms with Crippen molar-refractivity contribution in [3.63, 3.8) is 0 Å². The van der Waals surface area contributed by atoms with Gasteiger partial charge in [0.05, 0.1) is 32.8 Å². The average Bonchev–Trinajstić information content (AvgIpc) is 3.17. The SMILES string of the molecule is CCOP(=O)(OCC)C1(P(=O)(OCC)OCC)CC(C(=O)c2ccccc2)=NO1. The van der Waals surface area contributed by atoms with Gasteiger partial charge in [0.25, 0.3) is 0 Å². The highest BCUT2D eigenvalue weighted by atomic mass is 31.2. The van der Waals surface area contributed by atoms with Crippen LogP contribution in [-0.4, -0.2) is 43.0 Å². The minimum atomic E-state index is -4.25. The Morgan fingerprint density at radius 2 is 1.38 bits per heavy atom. The van der Waals surface area contributed by atoms with E-state index < -0.39 is 32.5 Å². The zero-order chi connectivity index (χ0) is 21.5. The Hall–Kier alpha value is -1.34. The smallest absolute Gasteiger partial charge is 0.362 e. The van der Waals surface area contributed by atoms with Gasteiger partial charge in [0.2, 0.25) is 5.78 Å². The predicted octanol–water partition coefficient (Wildman–Crippen LogP) is 4.83. The lowest BCUT2D eigenvalue weighted by Crippen LogP contribution is -2.34. The van der Waals surface area contributed by atoms with Gasteiger partial charge in [0.15, 0.2) is 0 Å². The fourth-order valence-corrected chi connectivity index (χ4v) is 8.07. The second-order valence-corrected chi connectivity index (χ2v) is 10.7. The fourth-order valence-electron chi connectivity index (χ4n) is 2.89. The lowest BCUT2D eigenvalue weighted by molar-refractivity contribution is 0.0382. The molecule has 0 saturated carbocycles. The van der Waals surface area contributed by atoms with Crippen molar-refractivity contribution in [3.8, 4) is 0 Å². The van der Waals surface area contributed by atoms with Gasteiger partial charge in [-0.25, -0.2) is 0 Å². The molecule has 1 aliphatic heterocycles. The number of oxime groups is 1. The maximum absolute atomic E-state index is 13.8. The second kappa shape index (κ2) is 10.1. The summed E-state index contributed by atoms with van der Waals surface area (Å²) in [5.74, 6) is -0.452. The number of Topliss-reactive ketones (excluding diaryl/α,β-unsaturated/α-hetero) is 1. The summed E-state index contributed by atoms with van der Waals surface area (Å²) in [6, 6.07) is 8.39. The van der Waals surface area contributed by atoms with Crippen LogP contribution in [0.4, 0.5) is 0 Å². The topological polar surface area (TPSA) is 110 Å². The summed E-state index contributed by atoms with van der Waals surface area (Å²) in [6.45, 7) is 6.39. The number of ketones is 1. The molecule has 0 fully saturated rings. The molecule has 0 N–H and O–H groups in total. The van der Waals surface area contributed by atoms with Gasteiger partial charge in [-0.2, -0.15) is 0 Å². The van der Waals surface area contributed by atoms with Crippen LogP contribution in [0, 0.1) is 0 Å². The molecule has 0 saturated heterocycles. The fraction of sp³-hybridized carbons (Fsp3) is 0.556. The highest BCUT2D eigenvalue weighted by Gasteiger charge is 2.71. The third-order valence-corrected chi connectivity index (χ3v) is 10.1. The van der Waals surface area contributed by atoms with Gasteiger partial charge >= 0.3 is 20.3 Å². The zero-order valence-corrected chi connectivity index (χ0v) is 18.8. The number of benzene rings is 1. The van der Waals surface area contributed by atoms with Gasteiger partial charge in [-0.15, -0.1) is 0 Å². The van der Waals surface area contributed by atoms with Crippen LogP contribution in [0.2, 0.25) is 0 Å². The number of hydrogen-bond acceptors (Lipinski definition) is 9. The zero-order valence-electron chi connectivity index (χ0n) is 17.0. The van der Waals surface area contributed by atoms with Crippen LogP contribution in [0.25, 0.3) is 0 Å². The lowest BCUT2D eigenvalue weighted by atomic mass is 10.1. The van der Waals surface area contributed by atoms with Crippen LogP contribution in [0.1, 0.15) is 44.5 Å². The molecule has 11 heteroatoms. The number of carbonyl (C=O) groups excluding carboxylic acids is 1. The van der Waals surface area contributed by atoms with Gasteiger partial charge in [0, 0.05) is 5.56 Å². The monoisotopic (exact) mass is 447 g/mol. The van der Waals surface area contributed by atoms with Crippen molar-refractivity contribution in [2.24, 2.45) is 5.16 Å². The Kier molecular flexibility index (Phi) is 8.35. The summed E-state index contributed by atoms with van der Waals surface area (Å²) in [6.07, 6.45) is -0.407. The third-order valence-electron chi connectivity index (χ3n) is 4.05. The first-order chi connectivity index (χ1) is 13.8. The van der Waals surface area contributed by atoms with E-state index >= 15 is 0 Å². The summed E-state index contributed by atoms with van der Waals surface area (Å²) in [7, 11) is -8.50. The Labute approximate surface area is 170 Å². The molecule has 1 aliphatic rings. The van der Waals surface area contributed by atoms with Gasteiger partial charge in [-0.3, -0.25) is 13.9 Å². The highest BCUT2D eigenvalue weighted by molar-refractivity contribution is 7.74. The molecule has 0 bridgehead atoms. The molecular formula is C18H27NO8P2. The first-order valence-electron chi connectivity index (χ1n) is 9.46. The molecule has 1 heterocycles. The molecule has 1 aromatic rings. The third kappa shape index (κ3) is 4.55. The lowest BCUT2D eigenvalue weighted by Gasteiger charge is -2.36. The van der Waals surface area contributed by atoms with Crippen LogP contribution < -0.4 is 0 Å². The van der Waals surface area contributed by atoms with Crippen molar-refractivity contribution in [3.05, 3.63) is 35.9 Å². The summed E-state index contributed by atoms with van der Waals surface area (Å²) < 4.78 is 49.2. The Morgan fingerprint density at radius 1 is 0.931 bits per heavy atom. The maximum atomic E-state index is 13.8. The Balaban J connectivity index is 2.54. The van der Waals surface area contributed by atoms with E-state index in [1.54, 1.807) is 58.0 Å². The number of hydrogen-bond donors (Lipinski definition) is 0. The molecule has 2 rings (SSSR count). The minimum Gasteiger partial charge on any atom is -0.362 e. The molecule has 0 aromatic heterocycles. The van der Waals surface area contributed by atoms with E-state index in [9.17, 15) is 13.9 Å². The number of carbonyl (C=O) groups is 1. The summed E-state index contributed by atoms with van der Waals surface area (Å²) in [5, 5.41) is 1.62. The molecule has 0 spiro atoms. The van der Waals surface area contributed by atoms with Crippen LogP contribution in [0.3, 0.4) is 0 Å². The molecule has 0 radical (unpaired) electrons. The Bertz CT molecular complexity index is 776. The predicted molar refractivity (Wildman–Crippen MR) is 108 cm³/mol. The quantitative estimate of drug-likeness (QED) is 0.331. The number of nitrogens with zero attached hydrogens (tertiary/aromatic N) is 1. The normalized spacial score (nSPS) is 16.3. The van der Waals surface area contributed by atoms with E-state index in [0.717, 1.165) is 0 Å². The van der Waals surface area contributed by atoms with Crippen LogP contribution >= 0.6 is 15.2 Å². The van der Waals surface area contributed by atoms with E-state index in [0.29, 0.717) is 5.56 Å². The van der Waals surface area contributed by atoms with Crippen molar-refractivity contribution >= 4 is 26.7 Å². The molecule has 29 heavy (non-hydrogen) atoms.